The minimum atomic E-state index is -1.08. The predicted octanol–water partition coefficient (Wildman–Crippen LogP) is 2.90. The minimum absolute atomic E-state index is 0.0184. The van der Waals surface area contributed by atoms with Crippen molar-refractivity contribution in [2.45, 2.75) is 38.3 Å². The first kappa shape index (κ1) is 13.0. The van der Waals surface area contributed by atoms with Crippen LogP contribution in [0.25, 0.3) is 0 Å². The van der Waals surface area contributed by atoms with Crippen LogP contribution in [0.2, 0.25) is 0 Å². The molecular weight excluding hydrogens is 233 g/mol. The Labute approximate surface area is 106 Å². The van der Waals surface area contributed by atoms with Crippen LogP contribution in [0.3, 0.4) is 0 Å². The van der Waals surface area contributed by atoms with Gasteiger partial charge in [-0.1, -0.05) is 12.8 Å². The Hall–Kier alpha value is -1.42. The van der Waals surface area contributed by atoms with Gasteiger partial charge in [0.05, 0.1) is 5.56 Å². The third kappa shape index (κ3) is 3.07. The van der Waals surface area contributed by atoms with Crippen LogP contribution in [0.4, 0.5) is 4.39 Å². The van der Waals surface area contributed by atoms with Crippen LogP contribution in [0, 0.1) is 5.82 Å². The molecule has 0 aliphatic heterocycles. The Bertz CT molecular complexity index is 441. The lowest BCUT2D eigenvalue weighted by Crippen LogP contribution is -2.28. The zero-order valence-electron chi connectivity index (χ0n) is 10.5. The highest BCUT2D eigenvalue weighted by molar-refractivity contribution is 5.87. The summed E-state index contributed by atoms with van der Waals surface area (Å²) in [5, 5.41) is 8.90. The fraction of sp³-hybridized carbons (Fsp3) is 0.500. The van der Waals surface area contributed by atoms with Gasteiger partial charge in [-0.3, -0.25) is 4.90 Å². The van der Waals surface area contributed by atoms with E-state index >= 15 is 0 Å². The van der Waals surface area contributed by atoms with Crippen molar-refractivity contribution in [3.05, 3.63) is 35.1 Å². The van der Waals surface area contributed by atoms with Gasteiger partial charge >= 0.3 is 5.97 Å². The first-order valence-corrected chi connectivity index (χ1v) is 6.29. The van der Waals surface area contributed by atoms with E-state index in [1.165, 1.54) is 31.7 Å². The van der Waals surface area contributed by atoms with Crippen molar-refractivity contribution in [3.63, 3.8) is 0 Å². The number of hydrogen-bond donors (Lipinski definition) is 1. The van der Waals surface area contributed by atoms with Gasteiger partial charge in [0.25, 0.3) is 0 Å². The summed E-state index contributed by atoms with van der Waals surface area (Å²) < 4.78 is 13.3. The summed E-state index contributed by atoms with van der Waals surface area (Å²) in [6.07, 6.45) is 4.85. The quantitative estimate of drug-likeness (QED) is 0.894. The summed E-state index contributed by atoms with van der Waals surface area (Å²) in [6, 6.07) is 4.57. The highest BCUT2D eigenvalue weighted by atomic mass is 19.1. The summed E-state index contributed by atoms with van der Waals surface area (Å²) in [5.41, 5.74) is 0.742. The normalized spacial score (nSPS) is 16.4. The van der Waals surface area contributed by atoms with E-state index in [4.69, 9.17) is 5.11 Å². The molecule has 0 radical (unpaired) electrons. The molecule has 1 saturated carbocycles. The molecule has 0 amide bonds. The van der Waals surface area contributed by atoms with Crippen LogP contribution in [-0.2, 0) is 6.54 Å². The number of nitrogens with zero attached hydrogens (tertiary/aromatic N) is 1. The lowest BCUT2D eigenvalue weighted by molar-refractivity contribution is 0.0696. The van der Waals surface area contributed by atoms with Crippen molar-refractivity contribution in [3.8, 4) is 0 Å². The van der Waals surface area contributed by atoms with Gasteiger partial charge in [-0.25, -0.2) is 9.18 Å². The van der Waals surface area contributed by atoms with Crippen molar-refractivity contribution in [1.29, 1.82) is 0 Å². The maximum atomic E-state index is 13.3. The number of rotatable bonds is 4. The maximum absolute atomic E-state index is 13.3. The Morgan fingerprint density at radius 3 is 2.67 bits per heavy atom. The summed E-state index contributed by atoms with van der Waals surface area (Å²) >= 11 is 0. The molecular formula is C14H18FNO2. The second kappa shape index (κ2) is 5.48. The van der Waals surface area contributed by atoms with Crippen molar-refractivity contribution in [2.75, 3.05) is 7.05 Å². The van der Waals surface area contributed by atoms with Gasteiger partial charge in [0.15, 0.2) is 0 Å². The second-order valence-corrected chi connectivity index (χ2v) is 5.01. The smallest absolute Gasteiger partial charge is 0.335 e. The molecule has 1 fully saturated rings. The molecule has 2 rings (SSSR count). The highest BCUT2D eigenvalue weighted by Gasteiger charge is 2.20. The Kier molecular flexibility index (Phi) is 3.97. The topological polar surface area (TPSA) is 40.5 Å². The van der Waals surface area contributed by atoms with Gasteiger partial charge in [-0.2, -0.15) is 0 Å². The molecule has 0 spiro atoms. The van der Waals surface area contributed by atoms with E-state index in [2.05, 4.69) is 4.90 Å². The van der Waals surface area contributed by atoms with Crippen molar-refractivity contribution in [2.24, 2.45) is 0 Å². The monoisotopic (exact) mass is 251 g/mol. The molecule has 0 heterocycles. The fourth-order valence-electron chi connectivity index (χ4n) is 2.63. The average Bonchev–Trinajstić information content (AvgIpc) is 2.81. The SMILES string of the molecule is CN(Cc1cc(F)cc(C(=O)O)c1)C1CCCC1. The minimum Gasteiger partial charge on any atom is -0.478 e. The van der Waals surface area contributed by atoms with Crippen LogP contribution >= 0.6 is 0 Å². The third-order valence-corrected chi connectivity index (χ3v) is 3.58. The van der Waals surface area contributed by atoms with Gasteiger partial charge in [0.2, 0.25) is 0 Å². The summed E-state index contributed by atoms with van der Waals surface area (Å²) in [6.45, 7) is 0.600. The molecule has 1 N–H and O–H groups in total. The van der Waals surface area contributed by atoms with Gasteiger partial charge in [-0.15, -0.1) is 0 Å². The average molecular weight is 251 g/mol. The lowest BCUT2D eigenvalue weighted by atomic mass is 10.1. The molecule has 1 aliphatic rings. The van der Waals surface area contributed by atoms with E-state index in [1.807, 2.05) is 7.05 Å². The first-order valence-electron chi connectivity index (χ1n) is 6.29. The van der Waals surface area contributed by atoms with Gasteiger partial charge < -0.3 is 5.11 Å². The van der Waals surface area contributed by atoms with Crippen molar-refractivity contribution in [1.82, 2.24) is 4.90 Å². The standard InChI is InChI=1S/C14H18FNO2/c1-16(13-4-2-3-5-13)9-10-6-11(14(17)18)8-12(15)7-10/h6-8,13H,2-5,9H2,1H3,(H,17,18). The van der Waals surface area contributed by atoms with Crippen LogP contribution in [0.15, 0.2) is 18.2 Å². The Morgan fingerprint density at radius 2 is 2.06 bits per heavy atom. The number of benzene rings is 1. The van der Waals surface area contributed by atoms with Crippen LogP contribution in [0.5, 0.6) is 0 Å². The van der Waals surface area contributed by atoms with Crippen LogP contribution < -0.4 is 0 Å². The molecule has 4 heteroatoms. The van der Waals surface area contributed by atoms with Crippen LogP contribution in [-0.4, -0.2) is 29.1 Å². The van der Waals surface area contributed by atoms with Gasteiger partial charge in [0.1, 0.15) is 5.82 Å². The molecule has 0 unspecified atom stereocenters. The number of carboxylic acids is 1. The van der Waals surface area contributed by atoms with E-state index in [-0.39, 0.29) is 5.56 Å². The lowest BCUT2D eigenvalue weighted by Gasteiger charge is -2.24. The maximum Gasteiger partial charge on any atom is 0.335 e. The summed E-state index contributed by atoms with van der Waals surface area (Å²) in [4.78, 5) is 13.1. The zero-order valence-corrected chi connectivity index (χ0v) is 10.5. The highest BCUT2D eigenvalue weighted by Crippen LogP contribution is 2.24. The molecule has 0 bridgehead atoms. The second-order valence-electron chi connectivity index (χ2n) is 5.01. The zero-order chi connectivity index (χ0) is 13.1. The largest absolute Gasteiger partial charge is 0.478 e. The van der Waals surface area contributed by atoms with E-state index in [0.717, 1.165) is 11.6 Å². The molecule has 0 saturated heterocycles. The van der Waals surface area contributed by atoms with Crippen LogP contribution in [0.1, 0.15) is 41.6 Å². The van der Waals surface area contributed by atoms with Crippen molar-refractivity contribution < 1.29 is 14.3 Å². The van der Waals surface area contributed by atoms with E-state index < -0.39 is 11.8 Å². The van der Waals surface area contributed by atoms with E-state index in [0.29, 0.717) is 12.6 Å². The number of hydrogen-bond acceptors (Lipinski definition) is 2. The van der Waals surface area contributed by atoms with E-state index in [1.54, 1.807) is 6.07 Å². The molecule has 1 aromatic carbocycles. The third-order valence-electron chi connectivity index (χ3n) is 3.58. The van der Waals surface area contributed by atoms with Gasteiger partial charge in [-0.05, 0) is 43.7 Å². The Balaban J connectivity index is 2.10. The molecule has 98 valence electrons. The van der Waals surface area contributed by atoms with Crippen molar-refractivity contribution >= 4 is 5.97 Å². The number of aromatic carboxylic acids is 1. The number of halogens is 1. The summed E-state index contributed by atoms with van der Waals surface area (Å²) in [5.74, 6) is -1.57. The number of carboxylic acid groups (broad SMARTS) is 1. The molecule has 3 nitrogen and oxygen atoms in total. The summed E-state index contributed by atoms with van der Waals surface area (Å²) in [7, 11) is 2.02. The number of carbonyl (C=O) groups is 1. The molecule has 18 heavy (non-hydrogen) atoms. The molecule has 0 aromatic heterocycles. The molecule has 1 aromatic rings. The Morgan fingerprint density at radius 1 is 1.39 bits per heavy atom. The van der Waals surface area contributed by atoms with Gasteiger partial charge in [0, 0.05) is 12.6 Å². The predicted molar refractivity (Wildman–Crippen MR) is 67.1 cm³/mol. The van der Waals surface area contributed by atoms with E-state index in [9.17, 15) is 9.18 Å². The fourth-order valence-corrected chi connectivity index (χ4v) is 2.63. The first-order chi connectivity index (χ1) is 8.56. The molecule has 0 atom stereocenters. The molecule has 1 aliphatic carbocycles.